The summed E-state index contributed by atoms with van der Waals surface area (Å²) in [5.74, 6) is -0.451. The molecule has 0 saturated carbocycles. The first kappa shape index (κ1) is 27.1. The van der Waals surface area contributed by atoms with Crippen LogP contribution in [0.3, 0.4) is 0 Å². The zero-order valence-corrected chi connectivity index (χ0v) is 23.3. The largest absolute Gasteiger partial charge is 0.545 e. The van der Waals surface area contributed by atoms with E-state index in [9.17, 15) is 19.5 Å². The first-order valence-electron chi connectivity index (χ1n) is 12.9. The number of aromatic carboxylic acids is 1. The fraction of sp³-hybridized carbons (Fsp3) is 0.226. The van der Waals surface area contributed by atoms with Crippen LogP contribution in [0.1, 0.15) is 66.9 Å². The molecule has 0 aliphatic carbocycles. The summed E-state index contributed by atoms with van der Waals surface area (Å²) < 4.78 is 13.2. The van der Waals surface area contributed by atoms with Gasteiger partial charge in [0.15, 0.2) is 4.80 Å². The van der Waals surface area contributed by atoms with Gasteiger partial charge in [-0.25, -0.2) is 9.79 Å². The number of carboxylic acid groups (broad SMARTS) is 1. The van der Waals surface area contributed by atoms with Crippen molar-refractivity contribution in [3.05, 3.63) is 114 Å². The van der Waals surface area contributed by atoms with E-state index in [0.29, 0.717) is 43.6 Å². The Balaban J connectivity index is 1.59. The van der Waals surface area contributed by atoms with Crippen LogP contribution in [0.2, 0.25) is 0 Å². The first-order chi connectivity index (χ1) is 19.2. The molecule has 0 bridgehead atoms. The number of furan rings is 1. The standard InChI is InChI=1S/C31H28N2O6S/c1-5-38-30(37)26-18(4)32-31-33(27(26)21-10-6-19(7-11-21)17(2)3)28(34)25(40-31)16-23-14-15-24(39-23)20-8-12-22(13-9-20)29(35)36/h6-17,27H,5H2,1-4H3,(H,35,36)/p-1. The summed E-state index contributed by atoms with van der Waals surface area (Å²) in [6.07, 6.45) is 1.64. The molecule has 8 nitrogen and oxygen atoms in total. The van der Waals surface area contributed by atoms with Crippen LogP contribution in [0.4, 0.5) is 0 Å². The second kappa shape index (κ2) is 10.9. The van der Waals surface area contributed by atoms with Gasteiger partial charge in [-0.05, 0) is 48.6 Å². The Hall–Kier alpha value is -4.50. The number of thiazole rings is 1. The van der Waals surface area contributed by atoms with Gasteiger partial charge in [0.25, 0.3) is 5.56 Å². The van der Waals surface area contributed by atoms with Gasteiger partial charge in [-0.1, -0.05) is 73.7 Å². The number of aromatic nitrogens is 1. The van der Waals surface area contributed by atoms with E-state index in [1.54, 1.807) is 48.8 Å². The minimum absolute atomic E-state index is 0.0718. The molecule has 0 N–H and O–H groups in total. The van der Waals surface area contributed by atoms with Crippen LogP contribution in [0.25, 0.3) is 17.4 Å². The summed E-state index contributed by atoms with van der Waals surface area (Å²) in [6.45, 7) is 7.91. The second-order valence-corrected chi connectivity index (χ2v) is 10.7. The van der Waals surface area contributed by atoms with Crippen LogP contribution >= 0.6 is 11.3 Å². The van der Waals surface area contributed by atoms with Crippen LogP contribution in [-0.2, 0) is 9.53 Å². The van der Waals surface area contributed by atoms with Gasteiger partial charge in [0.1, 0.15) is 11.5 Å². The first-order valence-corrected chi connectivity index (χ1v) is 13.7. The second-order valence-electron chi connectivity index (χ2n) is 9.69. The highest BCUT2D eigenvalue weighted by molar-refractivity contribution is 7.07. The van der Waals surface area contributed by atoms with Gasteiger partial charge < -0.3 is 19.1 Å². The van der Waals surface area contributed by atoms with Crippen molar-refractivity contribution in [3.63, 3.8) is 0 Å². The third-order valence-electron chi connectivity index (χ3n) is 6.74. The molecule has 0 spiro atoms. The fourth-order valence-corrected chi connectivity index (χ4v) is 5.68. The number of allylic oxidation sites excluding steroid dienone is 1. The molecule has 1 atom stereocenters. The summed E-state index contributed by atoms with van der Waals surface area (Å²) in [6, 6.07) is 16.9. The Labute approximate surface area is 234 Å². The quantitative estimate of drug-likeness (QED) is 0.322. The molecule has 1 aliphatic heterocycles. The molecule has 5 rings (SSSR count). The molecule has 3 heterocycles. The maximum atomic E-state index is 13.8. The summed E-state index contributed by atoms with van der Waals surface area (Å²) in [5.41, 5.74) is 3.23. The number of rotatable bonds is 7. The maximum absolute atomic E-state index is 13.8. The average molecular weight is 556 g/mol. The minimum atomic E-state index is -1.25. The number of ether oxygens (including phenoxy) is 1. The highest BCUT2D eigenvalue weighted by atomic mass is 32.1. The predicted octanol–water partition coefficient (Wildman–Crippen LogP) is 3.55. The molecular formula is C31H27N2O6S-. The monoisotopic (exact) mass is 555 g/mol. The van der Waals surface area contributed by atoms with E-state index < -0.39 is 18.0 Å². The maximum Gasteiger partial charge on any atom is 0.338 e. The lowest BCUT2D eigenvalue weighted by atomic mass is 9.93. The molecule has 1 aliphatic rings. The van der Waals surface area contributed by atoms with Gasteiger partial charge in [0, 0.05) is 11.6 Å². The number of benzene rings is 2. The van der Waals surface area contributed by atoms with E-state index in [-0.39, 0.29) is 17.7 Å². The van der Waals surface area contributed by atoms with E-state index in [0.717, 1.165) is 11.1 Å². The third-order valence-corrected chi connectivity index (χ3v) is 7.72. The van der Waals surface area contributed by atoms with E-state index in [2.05, 4.69) is 18.8 Å². The van der Waals surface area contributed by atoms with Crippen molar-refractivity contribution in [2.24, 2.45) is 4.99 Å². The van der Waals surface area contributed by atoms with Gasteiger partial charge in [-0.15, -0.1) is 0 Å². The van der Waals surface area contributed by atoms with Crippen molar-refractivity contribution in [2.45, 2.75) is 39.7 Å². The zero-order valence-electron chi connectivity index (χ0n) is 22.5. The highest BCUT2D eigenvalue weighted by Crippen LogP contribution is 2.31. The molecule has 1 unspecified atom stereocenters. The SMILES string of the molecule is CCOC(=O)C1=C(C)N=c2sc(=Cc3ccc(-c4ccc(C(=O)[O-])cc4)o3)c(=O)n2C1c1ccc(C(C)C)cc1. The molecule has 2 aromatic heterocycles. The number of carbonyl (C=O) groups excluding carboxylic acids is 2. The molecule has 0 amide bonds. The van der Waals surface area contributed by atoms with Crippen LogP contribution in [0, 0.1) is 0 Å². The molecule has 2 aromatic carbocycles. The molecule has 0 saturated heterocycles. The molecule has 40 heavy (non-hydrogen) atoms. The lowest BCUT2D eigenvalue weighted by molar-refractivity contribution is -0.255. The number of fused-ring (bicyclic) bond motifs is 1. The molecule has 0 fully saturated rings. The van der Waals surface area contributed by atoms with Crippen molar-refractivity contribution in [1.29, 1.82) is 0 Å². The van der Waals surface area contributed by atoms with Gasteiger partial charge in [0.05, 0.1) is 34.4 Å². The lowest BCUT2D eigenvalue weighted by Gasteiger charge is -2.25. The zero-order chi connectivity index (χ0) is 28.6. The Kier molecular flexibility index (Phi) is 7.40. The Morgan fingerprint density at radius 3 is 2.42 bits per heavy atom. The molecule has 0 radical (unpaired) electrons. The Bertz CT molecular complexity index is 1800. The lowest BCUT2D eigenvalue weighted by Crippen LogP contribution is -2.39. The van der Waals surface area contributed by atoms with Crippen LogP contribution in [-0.4, -0.2) is 23.1 Å². The number of hydrogen-bond donors (Lipinski definition) is 0. The number of carboxylic acids is 1. The normalized spacial score (nSPS) is 15.2. The van der Waals surface area contributed by atoms with Gasteiger partial charge >= 0.3 is 5.97 Å². The number of hydrogen-bond acceptors (Lipinski definition) is 8. The molecule has 9 heteroatoms. The molecule has 204 valence electrons. The third kappa shape index (κ3) is 5.08. The fourth-order valence-electron chi connectivity index (χ4n) is 4.66. The predicted molar refractivity (Wildman–Crippen MR) is 149 cm³/mol. The van der Waals surface area contributed by atoms with Crippen molar-refractivity contribution in [1.82, 2.24) is 4.57 Å². The summed E-state index contributed by atoms with van der Waals surface area (Å²) >= 11 is 1.21. The van der Waals surface area contributed by atoms with Gasteiger partial charge in [-0.2, -0.15) is 0 Å². The number of carbonyl (C=O) groups is 2. The van der Waals surface area contributed by atoms with Gasteiger partial charge in [0.2, 0.25) is 0 Å². The number of nitrogens with zero attached hydrogens (tertiary/aromatic N) is 2. The Morgan fingerprint density at radius 1 is 1.10 bits per heavy atom. The van der Waals surface area contributed by atoms with Crippen molar-refractivity contribution in [3.8, 4) is 11.3 Å². The van der Waals surface area contributed by atoms with E-state index >= 15 is 0 Å². The van der Waals surface area contributed by atoms with Crippen LogP contribution in [0.15, 0.2) is 86.1 Å². The minimum Gasteiger partial charge on any atom is -0.545 e. The smallest absolute Gasteiger partial charge is 0.338 e. The average Bonchev–Trinajstić information content (AvgIpc) is 3.52. The highest BCUT2D eigenvalue weighted by Gasteiger charge is 2.33. The summed E-state index contributed by atoms with van der Waals surface area (Å²) in [4.78, 5) is 43.0. The van der Waals surface area contributed by atoms with Crippen LogP contribution in [0.5, 0.6) is 0 Å². The van der Waals surface area contributed by atoms with E-state index in [1.807, 2.05) is 24.3 Å². The van der Waals surface area contributed by atoms with Crippen molar-refractivity contribution in [2.75, 3.05) is 6.61 Å². The molecular weight excluding hydrogens is 528 g/mol. The topological polar surface area (TPSA) is 114 Å². The summed E-state index contributed by atoms with van der Waals surface area (Å²) in [5, 5.41) is 11.0. The van der Waals surface area contributed by atoms with Crippen molar-refractivity contribution >= 4 is 29.4 Å². The Morgan fingerprint density at radius 2 is 1.80 bits per heavy atom. The van der Waals surface area contributed by atoms with Crippen LogP contribution < -0.4 is 20.0 Å². The van der Waals surface area contributed by atoms with E-state index in [4.69, 9.17) is 9.15 Å². The number of esters is 1. The van der Waals surface area contributed by atoms with Gasteiger partial charge in [-0.3, -0.25) is 9.36 Å². The van der Waals surface area contributed by atoms with Crippen molar-refractivity contribution < 1.29 is 23.8 Å². The van der Waals surface area contributed by atoms with E-state index in [1.165, 1.54) is 23.5 Å². The molecule has 4 aromatic rings. The summed E-state index contributed by atoms with van der Waals surface area (Å²) in [7, 11) is 0.